The van der Waals surface area contributed by atoms with Crippen LogP contribution in [0.3, 0.4) is 0 Å². The molecule has 19 nitrogen and oxygen atoms in total. The summed E-state index contributed by atoms with van der Waals surface area (Å²) in [7, 11) is 0. The monoisotopic (exact) mass is 1280 g/mol. The maximum Gasteiger partial charge on any atom is 0.344 e. The number of rotatable bonds is 48. The van der Waals surface area contributed by atoms with Crippen molar-refractivity contribution in [2.75, 3.05) is 45.4 Å². The number of nitro groups is 1. The molecule has 0 spiro atoms. The topological polar surface area (TPSA) is 255 Å². The van der Waals surface area contributed by atoms with Crippen molar-refractivity contribution >= 4 is 47.2 Å². The molecule has 502 valence electrons. The van der Waals surface area contributed by atoms with Crippen molar-refractivity contribution in [1.29, 1.82) is 0 Å². The van der Waals surface area contributed by atoms with Crippen molar-refractivity contribution in [3.05, 3.63) is 161 Å². The van der Waals surface area contributed by atoms with E-state index in [1.165, 1.54) is 54.6 Å². The summed E-state index contributed by atoms with van der Waals surface area (Å²) >= 11 is 0. The lowest BCUT2D eigenvalue weighted by Gasteiger charge is -2.16. The largest absolute Gasteiger partial charge is 0.494 e. The van der Waals surface area contributed by atoms with Gasteiger partial charge in [0.25, 0.3) is 0 Å². The van der Waals surface area contributed by atoms with Gasteiger partial charge in [0.05, 0.1) is 72.9 Å². The maximum absolute atomic E-state index is 13.8. The molecule has 1 atom stereocenters. The van der Waals surface area contributed by atoms with Gasteiger partial charge in [-0.3, -0.25) is 10.1 Å². The zero-order valence-corrected chi connectivity index (χ0v) is 54.3. The first kappa shape index (κ1) is 74.7. The third-order valence-electron chi connectivity index (χ3n) is 15.3. The highest BCUT2D eigenvalue weighted by Crippen LogP contribution is 2.38. The predicted molar refractivity (Wildman–Crippen MR) is 357 cm³/mol. The van der Waals surface area contributed by atoms with E-state index in [1.54, 1.807) is 60.7 Å². The number of nitro benzene ring substituents is 1. The summed E-state index contributed by atoms with van der Waals surface area (Å²) in [5, 5.41) is 12.1. The molecular weight excluding hydrogens is 1190 g/mol. The molecule has 0 aliphatic rings. The van der Waals surface area contributed by atoms with Crippen LogP contribution in [0.15, 0.2) is 128 Å². The lowest BCUT2D eigenvalue weighted by molar-refractivity contribution is -0.386. The van der Waals surface area contributed by atoms with E-state index >= 15 is 0 Å². The quantitative estimate of drug-likeness (QED) is 0.00555. The molecule has 0 heterocycles. The van der Waals surface area contributed by atoms with Crippen LogP contribution in [0.1, 0.15) is 216 Å². The first-order chi connectivity index (χ1) is 45.2. The van der Waals surface area contributed by atoms with Crippen LogP contribution in [-0.2, 0) is 28.5 Å². The zero-order valence-electron chi connectivity index (χ0n) is 54.3. The minimum Gasteiger partial charge on any atom is -0.494 e. The molecule has 0 aromatic heterocycles. The van der Waals surface area contributed by atoms with Crippen LogP contribution in [-0.4, -0.2) is 86.5 Å². The molecule has 0 unspecified atom stereocenters. The summed E-state index contributed by atoms with van der Waals surface area (Å²) in [6, 6.07) is 26.2. The molecule has 93 heavy (non-hydrogen) atoms. The standard InChI is InChI=1S/C74H94N2O17/c1-5-8-9-24-31-55(4)91-68-54-66(75)64(53-67(68)76(83)84)56-32-34-57(35-33-56)71(79)89-50-29-30-51-90-73(81)65-52-58(72(80)92-61-41-37-59(38-42-61)85-46-25-20-16-12-10-14-18-22-27-48-87-69(77)6-2)36-45-63(65)74(82)93-62-43-39-60(40-44-62)86-47-26-21-17-13-11-15-19-23-28-49-88-70(78)7-3/h6-7,32-45,52-55H,2-3,5,8-31,46-51,75H2,1,4H3/t55-/m0/s1. The molecule has 0 amide bonds. The van der Waals surface area contributed by atoms with Crippen LogP contribution in [0, 0.1) is 10.1 Å². The Morgan fingerprint density at radius 1 is 0.462 bits per heavy atom. The average Bonchev–Trinajstić information content (AvgIpc) is 1.03. The van der Waals surface area contributed by atoms with Crippen LogP contribution in [0.2, 0.25) is 0 Å². The highest BCUT2D eigenvalue weighted by molar-refractivity contribution is 6.06. The molecule has 0 fully saturated rings. The number of benzene rings is 5. The lowest BCUT2D eigenvalue weighted by Crippen LogP contribution is -2.18. The number of unbranched alkanes of at least 4 members (excludes halogenated alkanes) is 20. The number of nitrogens with zero attached hydrogens (tertiary/aromatic N) is 1. The van der Waals surface area contributed by atoms with E-state index in [4.69, 9.17) is 48.4 Å². The van der Waals surface area contributed by atoms with Crippen molar-refractivity contribution in [1.82, 2.24) is 0 Å². The van der Waals surface area contributed by atoms with Crippen molar-refractivity contribution in [2.24, 2.45) is 0 Å². The third-order valence-corrected chi connectivity index (χ3v) is 15.3. The Balaban J connectivity index is 1.11. The Hall–Kier alpha value is -9.00. The number of carbonyl (C=O) groups is 6. The minimum atomic E-state index is -0.905. The Labute approximate surface area is 547 Å². The fraction of sp³-hybridized carbons (Fsp3) is 0.459. The summed E-state index contributed by atoms with van der Waals surface area (Å²) in [6.07, 6.45) is 26.5. The van der Waals surface area contributed by atoms with Gasteiger partial charge in [0.1, 0.15) is 23.0 Å². The molecule has 0 saturated heterocycles. The number of hydrogen-bond acceptors (Lipinski definition) is 18. The molecule has 2 N–H and O–H groups in total. The van der Waals surface area contributed by atoms with Crippen LogP contribution in [0.25, 0.3) is 11.1 Å². The second-order valence-corrected chi connectivity index (χ2v) is 22.8. The number of nitrogens with two attached hydrogens (primary N) is 1. The van der Waals surface area contributed by atoms with Crippen molar-refractivity contribution in [2.45, 2.75) is 180 Å². The van der Waals surface area contributed by atoms with E-state index in [9.17, 15) is 38.9 Å². The molecule has 5 aromatic carbocycles. The van der Waals surface area contributed by atoms with E-state index in [2.05, 4.69) is 20.1 Å². The number of nitrogen functional groups attached to an aromatic ring is 1. The Morgan fingerprint density at radius 3 is 1.37 bits per heavy atom. The number of anilines is 1. The Bertz CT molecular complexity index is 3120. The van der Waals surface area contributed by atoms with Gasteiger partial charge >= 0.3 is 41.5 Å². The minimum absolute atomic E-state index is 0.0172. The molecule has 5 rings (SSSR count). The highest BCUT2D eigenvalue weighted by Gasteiger charge is 2.25. The zero-order chi connectivity index (χ0) is 66.8. The number of hydrogen-bond donors (Lipinski definition) is 1. The highest BCUT2D eigenvalue weighted by atomic mass is 16.6. The number of carbonyl (C=O) groups excluding carboxylic acids is 6. The van der Waals surface area contributed by atoms with Crippen LogP contribution in [0.4, 0.5) is 11.4 Å². The fourth-order valence-electron chi connectivity index (χ4n) is 9.97. The molecule has 5 aromatic rings. The second kappa shape index (κ2) is 43.7. The Kier molecular flexibility index (Phi) is 35.1. The van der Waals surface area contributed by atoms with E-state index in [0.29, 0.717) is 55.5 Å². The van der Waals surface area contributed by atoms with Gasteiger partial charge in [-0.05, 0) is 143 Å². The van der Waals surface area contributed by atoms with Crippen molar-refractivity contribution < 1.29 is 76.3 Å². The summed E-state index contributed by atoms with van der Waals surface area (Å²) in [4.78, 5) is 88.2. The fourth-order valence-corrected chi connectivity index (χ4v) is 9.97. The normalized spacial score (nSPS) is 11.2. The first-order valence-electron chi connectivity index (χ1n) is 33.0. The first-order valence-corrected chi connectivity index (χ1v) is 33.0. The van der Waals surface area contributed by atoms with E-state index in [0.717, 1.165) is 148 Å². The molecular formula is C74H94N2O17. The third kappa shape index (κ3) is 29.0. The van der Waals surface area contributed by atoms with Crippen LogP contribution < -0.4 is 29.4 Å². The van der Waals surface area contributed by atoms with Crippen LogP contribution in [0.5, 0.6) is 28.7 Å². The van der Waals surface area contributed by atoms with Gasteiger partial charge in [-0.25, -0.2) is 28.8 Å². The molecule has 0 aliphatic heterocycles. The lowest BCUT2D eigenvalue weighted by atomic mass is 10.0. The molecule has 0 saturated carbocycles. The summed E-state index contributed by atoms with van der Waals surface area (Å²) in [5.41, 5.74) is 7.22. The van der Waals surface area contributed by atoms with Gasteiger partial charge in [-0.2, -0.15) is 0 Å². The Morgan fingerprint density at radius 2 is 0.882 bits per heavy atom. The van der Waals surface area contributed by atoms with Gasteiger partial charge in [-0.15, -0.1) is 0 Å². The molecule has 0 aliphatic carbocycles. The van der Waals surface area contributed by atoms with Crippen molar-refractivity contribution in [3.8, 4) is 39.9 Å². The van der Waals surface area contributed by atoms with E-state index in [1.807, 2.05) is 6.92 Å². The molecule has 19 heteroatoms. The van der Waals surface area contributed by atoms with E-state index in [-0.39, 0.29) is 88.6 Å². The SMILES string of the molecule is C=CC(=O)OCCCCCCCCCCCOc1ccc(OC(=O)c2ccc(C(=O)Oc3ccc(OCCCCCCCCCCCOC(=O)C=C)cc3)c(C(=O)OCCCCOC(=O)c3ccc(-c4cc([N+](=O)[O-])c(O[C@@H](C)CCCCCC)cc4N)cc3)c2)cc1. The van der Waals surface area contributed by atoms with Crippen molar-refractivity contribution in [3.63, 3.8) is 0 Å². The van der Waals surface area contributed by atoms with Gasteiger partial charge in [-0.1, -0.05) is 141 Å². The maximum atomic E-state index is 13.8. The number of esters is 6. The second-order valence-electron chi connectivity index (χ2n) is 22.8. The van der Waals surface area contributed by atoms with Crippen LogP contribution >= 0.6 is 0 Å². The van der Waals surface area contributed by atoms with Gasteiger partial charge in [0.2, 0.25) is 0 Å². The smallest absolute Gasteiger partial charge is 0.344 e. The summed E-state index contributed by atoms with van der Waals surface area (Å²) in [6.45, 7) is 12.6. The average molecular weight is 1280 g/mol. The van der Waals surface area contributed by atoms with Gasteiger partial charge in [0, 0.05) is 35.5 Å². The summed E-state index contributed by atoms with van der Waals surface area (Å²) in [5.74, 6) is -2.22. The molecule has 0 radical (unpaired) electrons. The molecule has 0 bridgehead atoms. The van der Waals surface area contributed by atoms with Gasteiger partial charge in [0.15, 0.2) is 5.75 Å². The van der Waals surface area contributed by atoms with E-state index < -0.39 is 28.8 Å². The van der Waals surface area contributed by atoms with Gasteiger partial charge < -0.3 is 48.4 Å². The predicted octanol–water partition coefficient (Wildman–Crippen LogP) is 17.1. The number of ether oxygens (including phenoxy) is 9. The summed E-state index contributed by atoms with van der Waals surface area (Å²) < 4.78 is 50.4.